The molecule has 4 nitrogen and oxygen atoms in total. The number of nitrogens with two attached hydrogens (primary N) is 1. The van der Waals surface area contributed by atoms with Gasteiger partial charge in [0.1, 0.15) is 0 Å². The Morgan fingerprint density at radius 2 is 1.89 bits per heavy atom. The summed E-state index contributed by atoms with van der Waals surface area (Å²) < 4.78 is 0.645. The third-order valence-corrected chi connectivity index (χ3v) is 7.30. The Bertz CT molecular complexity index is 944. The van der Waals surface area contributed by atoms with Crippen molar-refractivity contribution in [3.8, 4) is 18.2 Å². The van der Waals surface area contributed by atoms with Crippen LogP contribution < -0.4 is 5.73 Å². The van der Waals surface area contributed by atoms with Gasteiger partial charge in [-0.3, -0.25) is 0 Å². The fraction of sp³-hybridized carbons (Fsp3) is 0.476. The van der Waals surface area contributed by atoms with E-state index in [4.69, 9.17) is 17.3 Å². The summed E-state index contributed by atoms with van der Waals surface area (Å²) in [5.41, 5.74) is 5.97. The maximum absolute atomic E-state index is 9.90. The quantitative estimate of drug-likeness (QED) is 0.654. The van der Waals surface area contributed by atoms with Crippen molar-refractivity contribution in [2.45, 2.75) is 39.5 Å². The van der Waals surface area contributed by atoms with Crippen molar-refractivity contribution in [1.29, 1.82) is 15.8 Å². The minimum Gasteiger partial charge on any atom is -0.399 e. The summed E-state index contributed by atoms with van der Waals surface area (Å²) in [7, 11) is 0. The normalized spacial score (nSPS) is 27.0. The van der Waals surface area contributed by atoms with E-state index in [1.165, 1.54) is 11.3 Å². The molecule has 27 heavy (non-hydrogen) atoms. The topological polar surface area (TPSA) is 97.4 Å². The van der Waals surface area contributed by atoms with Crippen molar-refractivity contribution < 1.29 is 0 Å². The zero-order chi connectivity index (χ0) is 20.0. The number of nitrogens with zero attached hydrogens (tertiary/aromatic N) is 3. The molecule has 3 rings (SSSR count). The van der Waals surface area contributed by atoms with Crippen molar-refractivity contribution in [3.63, 3.8) is 0 Å². The lowest BCUT2D eigenvalue weighted by Crippen LogP contribution is -2.42. The molecule has 1 heterocycles. The maximum Gasteiger partial charge on any atom is 0.204 e. The highest BCUT2D eigenvalue weighted by molar-refractivity contribution is 7.16. The number of rotatable bonds is 1. The molecule has 0 aliphatic heterocycles. The van der Waals surface area contributed by atoms with Gasteiger partial charge in [-0.1, -0.05) is 38.4 Å². The summed E-state index contributed by atoms with van der Waals surface area (Å²) in [6.45, 7) is 6.61. The Kier molecular flexibility index (Phi) is 4.85. The van der Waals surface area contributed by atoms with Gasteiger partial charge in [0, 0.05) is 10.8 Å². The Balaban J connectivity index is 2.27. The summed E-state index contributed by atoms with van der Waals surface area (Å²) in [4.78, 5) is 0.953. The van der Waals surface area contributed by atoms with E-state index in [1.54, 1.807) is 0 Å². The predicted octanol–water partition coefficient (Wildman–Crippen LogP) is 5.27. The minimum absolute atomic E-state index is 0.0706. The molecule has 0 spiro atoms. The van der Waals surface area contributed by atoms with Crippen LogP contribution in [-0.2, 0) is 0 Å². The SMILES string of the molecule is CC(C)(C)[C@H]1CC=C2[C@H](C1)[C@H](c1ccc(Cl)s1)C(C#N)=C(N)C2(C#N)C#N. The highest BCUT2D eigenvalue weighted by Gasteiger charge is 2.53. The lowest BCUT2D eigenvalue weighted by molar-refractivity contribution is 0.181. The Morgan fingerprint density at radius 3 is 2.37 bits per heavy atom. The fourth-order valence-electron chi connectivity index (χ4n) is 4.37. The first-order valence-electron chi connectivity index (χ1n) is 8.88. The number of hydrogen-bond acceptors (Lipinski definition) is 5. The van der Waals surface area contributed by atoms with Crippen LogP contribution in [0.2, 0.25) is 4.34 Å². The molecule has 1 aromatic heterocycles. The van der Waals surface area contributed by atoms with Crippen LogP contribution in [0.1, 0.15) is 44.4 Å². The Hall–Kier alpha value is -2.26. The van der Waals surface area contributed by atoms with Gasteiger partial charge in [-0.15, -0.1) is 11.3 Å². The molecule has 0 aromatic carbocycles. The molecule has 0 radical (unpaired) electrons. The molecular weight excluding hydrogens is 376 g/mol. The van der Waals surface area contributed by atoms with Crippen molar-refractivity contribution in [2.75, 3.05) is 0 Å². The predicted molar refractivity (Wildman–Crippen MR) is 106 cm³/mol. The van der Waals surface area contributed by atoms with E-state index in [0.717, 1.165) is 23.3 Å². The first-order chi connectivity index (χ1) is 12.7. The van der Waals surface area contributed by atoms with Gasteiger partial charge in [-0.05, 0) is 47.8 Å². The summed E-state index contributed by atoms with van der Waals surface area (Å²) in [5.74, 6) is 0.0104. The minimum atomic E-state index is -1.56. The van der Waals surface area contributed by atoms with Crippen LogP contribution in [0.3, 0.4) is 0 Å². The van der Waals surface area contributed by atoms with E-state index in [-0.39, 0.29) is 22.9 Å². The molecular formula is C21H21ClN4S. The molecule has 2 aliphatic rings. The molecule has 1 aromatic rings. The van der Waals surface area contributed by atoms with Crippen LogP contribution in [0.25, 0.3) is 0 Å². The summed E-state index contributed by atoms with van der Waals surface area (Å²) in [6, 6.07) is 10.2. The number of nitriles is 3. The number of hydrogen-bond donors (Lipinski definition) is 1. The molecule has 6 heteroatoms. The smallest absolute Gasteiger partial charge is 0.204 e. The van der Waals surface area contributed by atoms with Crippen molar-refractivity contribution in [1.82, 2.24) is 0 Å². The molecule has 0 saturated carbocycles. The summed E-state index contributed by atoms with van der Waals surface area (Å²) in [5, 5.41) is 29.7. The van der Waals surface area contributed by atoms with Gasteiger partial charge >= 0.3 is 0 Å². The lowest BCUT2D eigenvalue weighted by Gasteiger charge is -2.46. The van der Waals surface area contributed by atoms with Gasteiger partial charge in [0.2, 0.25) is 5.41 Å². The van der Waals surface area contributed by atoms with Crippen LogP contribution >= 0.6 is 22.9 Å². The Labute approximate surface area is 169 Å². The monoisotopic (exact) mass is 396 g/mol. The number of halogens is 1. The second-order valence-electron chi connectivity index (χ2n) is 8.33. The fourth-order valence-corrected chi connectivity index (χ4v) is 5.61. The first kappa shape index (κ1) is 19.5. The zero-order valence-electron chi connectivity index (χ0n) is 15.6. The second kappa shape index (κ2) is 6.72. The van der Waals surface area contributed by atoms with E-state index < -0.39 is 5.41 Å². The van der Waals surface area contributed by atoms with Crippen LogP contribution in [-0.4, -0.2) is 0 Å². The van der Waals surface area contributed by atoms with Crippen molar-refractivity contribution >= 4 is 22.9 Å². The van der Waals surface area contributed by atoms with E-state index in [9.17, 15) is 15.8 Å². The largest absolute Gasteiger partial charge is 0.399 e. The molecule has 0 fully saturated rings. The van der Waals surface area contributed by atoms with Crippen LogP contribution in [0.4, 0.5) is 0 Å². The van der Waals surface area contributed by atoms with Gasteiger partial charge in [0.25, 0.3) is 0 Å². The third-order valence-electron chi connectivity index (χ3n) is 5.98. The van der Waals surface area contributed by atoms with E-state index >= 15 is 0 Å². The molecule has 0 bridgehead atoms. The molecule has 0 amide bonds. The maximum atomic E-state index is 9.90. The van der Waals surface area contributed by atoms with Gasteiger partial charge in [0.05, 0.1) is 33.8 Å². The standard InChI is InChI=1S/C21H21ClN4S/c1-20(2,3)12-4-5-15-13(8-12)18(16-6-7-17(22)27-16)14(9-23)19(26)21(15,10-24)11-25/h5-7,12-13,18H,4,8,26H2,1-3H3/t12-,13-,18-/m0/s1. The van der Waals surface area contributed by atoms with E-state index in [2.05, 4.69) is 39.0 Å². The first-order valence-corrected chi connectivity index (χ1v) is 10.1. The third kappa shape index (κ3) is 2.94. The summed E-state index contributed by atoms with van der Waals surface area (Å²) in [6.07, 6.45) is 3.63. The van der Waals surface area contributed by atoms with Gasteiger partial charge in [-0.25, -0.2) is 0 Å². The molecule has 3 atom stereocenters. The number of allylic oxidation sites excluding steroid dienone is 3. The van der Waals surface area contributed by atoms with Crippen molar-refractivity contribution in [3.05, 3.63) is 44.3 Å². The summed E-state index contributed by atoms with van der Waals surface area (Å²) >= 11 is 7.59. The number of fused-ring (bicyclic) bond motifs is 1. The van der Waals surface area contributed by atoms with Crippen LogP contribution in [0.5, 0.6) is 0 Å². The second-order valence-corrected chi connectivity index (χ2v) is 10.1. The number of thiophene rings is 1. The Morgan fingerprint density at radius 1 is 1.22 bits per heavy atom. The van der Waals surface area contributed by atoms with E-state index in [0.29, 0.717) is 15.8 Å². The molecule has 138 valence electrons. The van der Waals surface area contributed by atoms with Crippen molar-refractivity contribution in [2.24, 2.45) is 28.4 Å². The molecule has 2 N–H and O–H groups in total. The van der Waals surface area contributed by atoms with Gasteiger partial charge in [-0.2, -0.15) is 15.8 Å². The van der Waals surface area contributed by atoms with Crippen LogP contribution in [0, 0.1) is 56.7 Å². The lowest BCUT2D eigenvalue weighted by atomic mass is 9.56. The average molecular weight is 397 g/mol. The zero-order valence-corrected chi connectivity index (χ0v) is 17.2. The molecule has 2 aliphatic carbocycles. The highest BCUT2D eigenvalue weighted by Crippen LogP contribution is 2.58. The van der Waals surface area contributed by atoms with E-state index in [1.807, 2.05) is 18.2 Å². The average Bonchev–Trinajstić information content (AvgIpc) is 3.06. The van der Waals surface area contributed by atoms with Gasteiger partial charge < -0.3 is 5.73 Å². The molecule has 0 unspecified atom stereocenters. The van der Waals surface area contributed by atoms with Gasteiger partial charge in [0.15, 0.2) is 0 Å². The molecule has 0 saturated heterocycles. The van der Waals surface area contributed by atoms with Crippen LogP contribution in [0.15, 0.2) is 35.1 Å². The highest BCUT2D eigenvalue weighted by atomic mass is 35.5.